The van der Waals surface area contributed by atoms with E-state index >= 15 is 0 Å². The van der Waals surface area contributed by atoms with Crippen molar-refractivity contribution in [2.45, 2.75) is 78.2 Å². The fraction of sp³-hybridized carbons (Fsp3) is 0.179. The number of hydrogen-bond acceptors (Lipinski definition) is 5. The normalized spacial score (nSPS) is 13.6. The molecule has 0 unspecified atom stereocenters. The summed E-state index contributed by atoms with van der Waals surface area (Å²) in [5, 5.41) is 2.26. The second-order valence-corrected chi connectivity index (χ2v) is 21.9. The van der Waals surface area contributed by atoms with Crippen LogP contribution in [0.15, 0.2) is 182 Å². The molecule has 75 heavy (non-hydrogen) atoms. The Morgan fingerprint density at radius 2 is 1.23 bits per heavy atom. The number of ether oxygens (including phenoxy) is 1. The number of hydrogen-bond donors (Lipinski definition) is 0. The van der Waals surface area contributed by atoms with Gasteiger partial charge in [-0.3, -0.25) is 0 Å². The van der Waals surface area contributed by atoms with E-state index in [4.69, 9.17) is 14.7 Å². The Morgan fingerprint density at radius 1 is 0.533 bits per heavy atom. The fourth-order valence-electron chi connectivity index (χ4n) is 10.9. The minimum atomic E-state index is -0.0487. The molecule has 0 N–H and O–H groups in total. The molecule has 0 bridgehead atoms. The molecule has 8 aromatic carbocycles. The smallest absolute Gasteiger partial charge is 0.135 e. The third-order valence-electron chi connectivity index (χ3n) is 14.9. The SMILES string of the molecule is CC(C)(C)c1ccnc(-n2c3[c-]c(Oc4[c-]c(N5[CH-]N(c6ccc(-c7ccccc7)cc6-c6cccc(-c7ccccc7)c6)c6cc7c(cc65)nc5n7CCCC5)ccc4)ccc3c3cc(C(C)(C)C)ccc32)c1.[Pt]. The molecule has 2 aliphatic heterocycles. The van der Waals surface area contributed by atoms with Crippen LogP contribution in [0, 0.1) is 18.8 Å². The van der Waals surface area contributed by atoms with Gasteiger partial charge in [-0.15, -0.1) is 48.1 Å². The molecule has 0 atom stereocenters. The number of anilines is 4. The van der Waals surface area contributed by atoms with Crippen LogP contribution >= 0.6 is 0 Å². The number of pyridine rings is 1. The van der Waals surface area contributed by atoms with Crippen LogP contribution in [0.2, 0.25) is 0 Å². The summed E-state index contributed by atoms with van der Waals surface area (Å²) in [7, 11) is 0. The van der Waals surface area contributed by atoms with Crippen LogP contribution in [0.4, 0.5) is 22.7 Å². The second kappa shape index (κ2) is 18.9. The molecule has 0 saturated carbocycles. The zero-order chi connectivity index (χ0) is 50.3. The summed E-state index contributed by atoms with van der Waals surface area (Å²) < 4.78 is 11.5. The van der Waals surface area contributed by atoms with Crippen LogP contribution in [0.1, 0.15) is 71.3 Å². The van der Waals surface area contributed by atoms with Gasteiger partial charge >= 0.3 is 0 Å². The Morgan fingerprint density at radius 3 is 2.00 bits per heavy atom. The second-order valence-electron chi connectivity index (χ2n) is 21.9. The molecule has 374 valence electrons. The molecule has 11 aromatic rings. The van der Waals surface area contributed by atoms with Crippen LogP contribution in [-0.2, 0) is 44.9 Å². The maximum atomic E-state index is 6.82. The zero-order valence-corrected chi connectivity index (χ0v) is 45.4. The van der Waals surface area contributed by atoms with E-state index in [1.165, 1.54) is 27.8 Å². The quantitative estimate of drug-likeness (QED) is 0.142. The molecule has 2 aliphatic rings. The van der Waals surface area contributed by atoms with E-state index in [0.717, 1.165) is 110 Å². The molecular formula is C67H57N6OPt-3. The van der Waals surface area contributed by atoms with Gasteiger partial charge < -0.3 is 23.7 Å². The summed E-state index contributed by atoms with van der Waals surface area (Å²) >= 11 is 0. The van der Waals surface area contributed by atoms with Crippen molar-refractivity contribution in [2.24, 2.45) is 0 Å². The summed E-state index contributed by atoms with van der Waals surface area (Å²) in [6.45, 7) is 16.7. The van der Waals surface area contributed by atoms with Gasteiger partial charge in [0.15, 0.2) is 0 Å². The van der Waals surface area contributed by atoms with Crippen molar-refractivity contribution in [1.82, 2.24) is 19.1 Å². The van der Waals surface area contributed by atoms with Crippen LogP contribution < -0.4 is 14.5 Å². The summed E-state index contributed by atoms with van der Waals surface area (Å²) in [5.41, 5.74) is 17.5. The van der Waals surface area contributed by atoms with Crippen molar-refractivity contribution in [3.8, 4) is 50.7 Å². The maximum Gasteiger partial charge on any atom is 0.135 e. The first-order valence-corrected chi connectivity index (χ1v) is 25.9. The van der Waals surface area contributed by atoms with Crippen LogP contribution in [-0.4, -0.2) is 19.1 Å². The molecule has 0 radical (unpaired) electrons. The predicted molar refractivity (Wildman–Crippen MR) is 304 cm³/mol. The number of nitrogens with zero attached hydrogens (tertiary/aromatic N) is 6. The van der Waals surface area contributed by atoms with Crippen LogP contribution in [0.3, 0.4) is 0 Å². The van der Waals surface area contributed by atoms with Gasteiger partial charge in [-0.2, -0.15) is 12.1 Å². The monoisotopic (exact) mass is 1160 g/mol. The molecular weight excluding hydrogens is 1100 g/mol. The Bertz CT molecular complexity index is 3960. The van der Waals surface area contributed by atoms with Gasteiger partial charge in [0.1, 0.15) is 11.6 Å². The number of benzene rings is 8. The maximum absolute atomic E-state index is 6.82. The molecule has 0 fully saturated rings. The molecule has 5 heterocycles. The summed E-state index contributed by atoms with van der Waals surface area (Å²) in [4.78, 5) is 14.8. The number of fused-ring (bicyclic) bond motifs is 7. The molecule has 8 heteroatoms. The Balaban J connectivity index is 0.00000569. The van der Waals surface area contributed by atoms with Gasteiger partial charge in [0, 0.05) is 79.9 Å². The number of rotatable bonds is 8. The molecule has 7 nitrogen and oxygen atoms in total. The fourth-order valence-corrected chi connectivity index (χ4v) is 10.9. The Kier molecular flexibility index (Phi) is 12.1. The summed E-state index contributed by atoms with van der Waals surface area (Å²) in [5.74, 6) is 3.19. The average Bonchev–Trinajstić information content (AvgIpc) is 4.11. The van der Waals surface area contributed by atoms with E-state index in [1.54, 1.807) is 0 Å². The number of aromatic nitrogens is 4. The van der Waals surface area contributed by atoms with E-state index in [9.17, 15) is 0 Å². The van der Waals surface area contributed by atoms with Crippen molar-refractivity contribution in [1.29, 1.82) is 0 Å². The van der Waals surface area contributed by atoms with Crippen LogP contribution in [0.25, 0.3) is 72.0 Å². The molecule has 0 amide bonds. The van der Waals surface area contributed by atoms with Crippen molar-refractivity contribution in [3.63, 3.8) is 0 Å². The minimum Gasteiger partial charge on any atom is -0.509 e. The Hall–Kier alpha value is -7.73. The average molecular weight is 1160 g/mol. The predicted octanol–water partition coefficient (Wildman–Crippen LogP) is 17.3. The van der Waals surface area contributed by atoms with E-state index < -0.39 is 0 Å². The van der Waals surface area contributed by atoms with Crippen LogP contribution in [0.5, 0.6) is 11.5 Å². The summed E-state index contributed by atoms with van der Waals surface area (Å²) in [6.07, 6.45) is 5.20. The van der Waals surface area contributed by atoms with Crippen molar-refractivity contribution >= 4 is 55.6 Å². The third kappa shape index (κ3) is 8.81. The van der Waals surface area contributed by atoms with Gasteiger partial charge in [0.2, 0.25) is 0 Å². The van der Waals surface area contributed by atoms with Crippen molar-refractivity contribution in [3.05, 3.63) is 218 Å². The first-order chi connectivity index (χ1) is 35.9. The third-order valence-corrected chi connectivity index (χ3v) is 14.9. The zero-order valence-electron chi connectivity index (χ0n) is 43.1. The number of imidazole rings is 1. The molecule has 3 aromatic heterocycles. The molecule has 0 saturated heterocycles. The standard InChI is InChI=1S/C67H57N6O.Pt/c1-66(2,3)49-27-31-59-56(37-49)54-29-28-53(40-60(54)73(59)65-38-50(32-33-68-65)67(4,5)6)74-52-24-16-23-51(39-52)71-43-72(63-42-61-57(41-62(63)71)69-64-25-13-14-34-70(61)64)58-30-26-47(45-19-11-8-12-20-45)36-55(58)48-22-15-21-46(35-48)44-17-9-7-10-18-44;/h7-12,15-24,26-33,35-38,41-43H,13-14,25,34H2,1-6H3;/q-3;. The molecule has 0 spiro atoms. The number of aryl methyl sites for hydroxylation is 2. The summed E-state index contributed by atoms with van der Waals surface area (Å²) in [6, 6.07) is 70.5. The van der Waals surface area contributed by atoms with E-state index in [2.05, 4.69) is 237 Å². The first-order valence-electron chi connectivity index (χ1n) is 25.9. The van der Waals surface area contributed by atoms with E-state index in [0.29, 0.717) is 11.5 Å². The molecule has 0 aliphatic carbocycles. The first kappa shape index (κ1) is 48.2. The van der Waals surface area contributed by atoms with E-state index in [-0.39, 0.29) is 31.9 Å². The minimum absolute atomic E-state index is 0. The van der Waals surface area contributed by atoms with Gasteiger partial charge in [-0.1, -0.05) is 144 Å². The van der Waals surface area contributed by atoms with Gasteiger partial charge in [0.05, 0.1) is 11.0 Å². The van der Waals surface area contributed by atoms with Gasteiger partial charge in [0.25, 0.3) is 0 Å². The van der Waals surface area contributed by atoms with Gasteiger partial charge in [-0.05, 0) is 117 Å². The van der Waals surface area contributed by atoms with Gasteiger partial charge in [-0.25, -0.2) is 9.97 Å². The Labute approximate surface area is 454 Å². The largest absolute Gasteiger partial charge is 0.509 e. The van der Waals surface area contributed by atoms with Crippen molar-refractivity contribution < 1.29 is 25.8 Å². The van der Waals surface area contributed by atoms with Crippen molar-refractivity contribution in [2.75, 3.05) is 9.80 Å². The topological polar surface area (TPSA) is 51.4 Å². The van der Waals surface area contributed by atoms with E-state index in [1.807, 2.05) is 24.4 Å². The molecule has 13 rings (SSSR count).